The minimum Gasteiger partial charge on any atom is -0.481 e. The lowest BCUT2D eigenvalue weighted by Crippen LogP contribution is -2.48. The van der Waals surface area contributed by atoms with E-state index in [1.54, 1.807) is 0 Å². The fourth-order valence-electron chi connectivity index (χ4n) is 2.31. The molecule has 0 aliphatic carbocycles. The molecule has 2 amide bonds. The molecule has 0 radical (unpaired) electrons. The van der Waals surface area contributed by atoms with E-state index in [0.29, 0.717) is 13.0 Å². The van der Waals surface area contributed by atoms with E-state index in [4.69, 9.17) is 5.11 Å². The number of hydrogen-bond donors (Lipinski definition) is 4. The molecule has 25 heavy (non-hydrogen) atoms. The molecule has 1 rings (SSSR count). The molecule has 0 spiro atoms. The average Bonchev–Trinajstić information content (AvgIpc) is 2.60. The van der Waals surface area contributed by atoms with Crippen LogP contribution in [0.5, 0.6) is 0 Å². The molecule has 0 aliphatic rings. The van der Waals surface area contributed by atoms with Gasteiger partial charge < -0.3 is 21.1 Å². The first-order chi connectivity index (χ1) is 12.0. The molecule has 0 aromatic heterocycles. The van der Waals surface area contributed by atoms with Crippen LogP contribution in [0.25, 0.3) is 0 Å². The van der Waals surface area contributed by atoms with E-state index in [2.05, 4.69) is 16.0 Å². The standard InChI is InChI=1S/C18H27N3O4/c1-19-11-5-6-12-20-18(25)15(13-14-7-3-2-4-8-14)21-16(22)9-10-17(23)24/h2-4,7-8,15,19H,5-6,9-13H2,1H3,(H,20,25)(H,21,22)(H,23,24)/t15-/m1/s1. The lowest BCUT2D eigenvalue weighted by molar-refractivity contribution is -0.139. The van der Waals surface area contributed by atoms with Gasteiger partial charge in [0.1, 0.15) is 6.04 Å². The molecule has 138 valence electrons. The third-order valence-corrected chi connectivity index (χ3v) is 3.65. The molecule has 0 heterocycles. The average molecular weight is 349 g/mol. The van der Waals surface area contributed by atoms with Gasteiger partial charge in [-0.2, -0.15) is 0 Å². The quantitative estimate of drug-likeness (QED) is 0.415. The lowest BCUT2D eigenvalue weighted by atomic mass is 10.0. The highest BCUT2D eigenvalue weighted by Gasteiger charge is 2.21. The SMILES string of the molecule is CNCCCCNC(=O)[C@@H](Cc1ccccc1)NC(=O)CCC(=O)O. The van der Waals surface area contributed by atoms with Gasteiger partial charge in [-0.05, 0) is 32.0 Å². The topological polar surface area (TPSA) is 108 Å². The molecule has 0 bridgehead atoms. The van der Waals surface area contributed by atoms with Crippen molar-refractivity contribution in [2.24, 2.45) is 0 Å². The molecule has 0 unspecified atom stereocenters. The molecule has 0 aliphatic heterocycles. The predicted molar refractivity (Wildman–Crippen MR) is 95.1 cm³/mol. The number of benzene rings is 1. The molecule has 1 atom stereocenters. The van der Waals surface area contributed by atoms with Crippen LogP contribution in [0, 0.1) is 0 Å². The summed E-state index contributed by atoms with van der Waals surface area (Å²) in [5.74, 6) is -1.73. The van der Waals surface area contributed by atoms with Gasteiger partial charge in [0.15, 0.2) is 0 Å². The highest BCUT2D eigenvalue weighted by atomic mass is 16.4. The van der Waals surface area contributed by atoms with Gasteiger partial charge in [-0.25, -0.2) is 0 Å². The molecular formula is C18H27N3O4. The van der Waals surface area contributed by atoms with Crippen LogP contribution >= 0.6 is 0 Å². The van der Waals surface area contributed by atoms with Gasteiger partial charge >= 0.3 is 5.97 Å². The fraction of sp³-hybridized carbons (Fsp3) is 0.500. The van der Waals surface area contributed by atoms with Crippen molar-refractivity contribution in [2.75, 3.05) is 20.1 Å². The number of unbranched alkanes of at least 4 members (excludes halogenated alkanes) is 1. The summed E-state index contributed by atoms with van der Waals surface area (Å²) in [7, 11) is 1.88. The first-order valence-electron chi connectivity index (χ1n) is 8.50. The van der Waals surface area contributed by atoms with E-state index in [0.717, 1.165) is 24.9 Å². The minimum atomic E-state index is -1.04. The Hall–Kier alpha value is -2.41. The zero-order chi connectivity index (χ0) is 18.5. The largest absolute Gasteiger partial charge is 0.481 e. The second-order valence-electron chi connectivity index (χ2n) is 5.81. The number of nitrogens with one attached hydrogen (secondary N) is 3. The van der Waals surface area contributed by atoms with E-state index < -0.39 is 17.9 Å². The molecule has 4 N–H and O–H groups in total. The minimum absolute atomic E-state index is 0.143. The van der Waals surface area contributed by atoms with E-state index in [1.807, 2.05) is 37.4 Å². The molecule has 7 heteroatoms. The fourth-order valence-corrected chi connectivity index (χ4v) is 2.31. The molecule has 0 saturated carbocycles. The van der Waals surface area contributed by atoms with Gasteiger partial charge in [-0.15, -0.1) is 0 Å². The molecule has 1 aromatic rings. The van der Waals surface area contributed by atoms with Crippen LogP contribution in [-0.2, 0) is 20.8 Å². The van der Waals surface area contributed by atoms with Crippen LogP contribution in [0.1, 0.15) is 31.2 Å². The van der Waals surface area contributed by atoms with Crippen molar-refractivity contribution in [3.63, 3.8) is 0 Å². The Labute approximate surface area is 148 Å². The number of carbonyl (C=O) groups is 3. The predicted octanol–water partition coefficient (Wildman–Crippen LogP) is 0.695. The molecule has 1 aromatic carbocycles. The van der Waals surface area contributed by atoms with Gasteiger partial charge in [0, 0.05) is 19.4 Å². The first kappa shape index (κ1) is 20.6. The molecular weight excluding hydrogens is 322 g/mol. The van der Waals surface area contributed by atoms with Gasteiger partial charge in [-0.3, -0.25) is 14.4 Å². The maximum atomic E-state index is 12.4. The Morgan fingerprint density at radius 3 is 2.36 bits per heavy atom. The molecule has 0 fully saturated rings. The van der Waals surface area contributed by atoms with Gasteiger partial charge in [0.05, 0.1) is 6.42 Å². The molecule has 0 saturated heterocycles. The van der Waals surface area contributed by atoms with E-state index in [-0.39, 0.29) is 18.7 Å². The number of carboxylic acid groups (broad SMARTS) is 1. The van der Waals surface area contributed by atoms with E-state index in [9.17, 15) is 14.4 Å². The third-order valence-electron chi connectivity index (χ3n) is 3.65. The highest BCUT2D eigenvalue weighted by molar-refractivity contribution is 5.88. The lowest BCUT2D eigenvalue weighted by Gasteiger charge is -2.18. The number of amides is 2. The number of aliphatic carboxylic acids is 1. The van der Waals surface area contributed by atoms with Crippen molar-refractivity contribution >= 4 is 17.8 Å². The van der Waals surface area contributed by atoms with Crippen LogP contribution in [0.3, 0.4) is 0 Å². The van der Waals surface area contributed by atoms with Gasteiger partial charge in [0.2, 0.25) is 11.8 Å². The second kappa shape index (κ2) is 12.0. The zero-order valence-corrected chi connectivity index (χ0v) is 14.6. The monoisotopic (exact) mass is 349 g/mol. The molecule has 7 nitrogen and oxygen atoms in total. The summed E-state index contributed by atoms with van der Waals surface area (Å²) < 4.78 is 0. The van der Waals surface area contributed by atoms with Crippen LogP contribution in [0.4, 0.5) is 0 Å². The van der Waals surface area contributed by atoms with Crippen molar-refractivity contribution in [1.29, 1.82) is 0 Å². The van der Waals surface area contributed by atoms with Gasteiger partial charge in [0.25, 0.3) is 0 Å². The second-order valence-corrected chi connectivity index (χ2v) is 5.81. The van der Waals surface area contributed by atoms with Crippen LogP contribution in [0.15, 0.2) is 30.3 Å². The van der Waals surface area contributed by atoms with Crippen molar-refractivity contribution < 1.29 is 19.5 Å². The highest BCUT2D eigenvalue weighted by Crippen LogP contribution is 2.04. The summed E-state index contributed by atoms with van der Waals surface area (Å²) in [5, 5.41) is 17.2. The van der Waals surface area contributed by atoms with Crippen molar-refractivity contribution in [1.82, 2.24) is 16.0 Å². The third kappa shape index (κ3) is 9.46. The van der Waals surface area contributed by atoms with Crippen molar-refractivity contribution in [3.8, 4) is 0 Å². The Morgan fingerprint density at radius 1 is 1.04 bits per heavy atom. The normalized spacial score (nSPS) is 11.6. The Kier molecular flexibility index (Phi) is 9.92. The Balaban J connectivity index is 2.58. The smallest absolute Gasteiger partial charge is 0.303 e. The summed E-state index contributed by atoms with van der Waals surface area (Å²) in [6.07, 6.45) is 1.76. The van der Waals surface area contributed by atoms with Crippen molar-refractivity contribution in [2.45, 2.75) is 38.1 Å². The zero-order valence-electron chi connectivity index (χ0n) is 14.6. The maximum Gasteiger partial charge on any atom is 0.303 e. The van der Waals surface area contributed by atoms with Crippen LogP contribution in [-0.4, -0.2) is 49.1 Å². The summed E-state index contributed by atoms with van der Waals surface area (Å²) >= 11 is 0. The van der Waals surface area contributed by atoms with E-state index in [1.165, 1.54) is 0 Å². The Bertz CT molecular complexity index is 549. The Morgan fingerprint density at radius 2 is 1.72 bits per heavy atom. The first-order valence-corrected chi connectivity index (χ1v) is 8.50. The number of rotatable bonds is 12. The number of carbonyl (C=O) groups excluding carboxylic acids is 2. The summed E-state index contributed by atoms with van der Waals surface area (Å²) in [6, 6.07) is 8.68. The summed E-state index contributed by atoms with van der Waals surface area (Å²) in [4.78, 5) is 34.9. The number of hydrogen-bond acceptors (Lipinski definition) is 4. The summed E-state index contributed by atoms with van der Waals surface area (Å²) in [6.45, 7) is 1.42. The van der Waals surface area contributed by atoms with E-state index >= 15 is 0 Å². The van der Waals surface area contributed by atoms with Crippen LogP contribution in [0.2, 0.25) is 0 Å². The van der Waals surface area contributed by atoms with Crippen molar-refractivity contribution in [3.05, 3.63) is 35.9 Å². The maximum absolute atomic E-state index is 12.4. The van der Waals surface area contributed by atoms with Crippen LogP contribution < -0.4 is 16.0 Å². The van der Waals surface area contributed by atoms with Gasteiger partial charge in [-0.1, -0.05) is 30.3 Å². The number of carboxylic acids is 1. The summed E-state index contributed by atoms with van der Waals surface area (Å²) in [5.41, 5.74) is 0.927.